The Labute approximate surface area is 126 Å². The zero-order valence-corrected chi connectivity index (χ0v) is 12.1. The van der Waals surface area contributed by atoms with E-state index in [-0.39, 0.29) is 43.4 Å². The van der Waals surface area contributed by atoms with Gasteiger partial charge in [-0.2, -0.15) is 0 Å². The Morgan fingerprint density at radius 1 is 1.14 bits per heavy atom. The van der Waals surface area contributed by atoms with E-state index in [1.165, 1.54) is 6.33 Å². The lowest BCUT2D eigenvalue weighted by molar-refractivity contribution is -0.137. The van der Waals surface area contributed by atoms with Gasteiger partial charge < -0.3 is 10.2 Å². The van der Waals surface area contributed by atoms with Gasteiger partial charge in [-0.3, -0.25) is 24.6 Å². The summed E-state index contributed by atoms with van der Waals surface area (Å²) >= 11 is 0. The number of rotatable bonds is 3. The van der Waals surface area contributed by atoms with E-state index in [4.69, 9.17) is 0 Å². The van der Waals surface area contributed by atoms with Crippen LogP contribution in [-0.4, -0.2) is 64.8 Å². The van der Waals surface area contributed by atoms with Crippen LogP contribution in [0.5, 0.6) is 0 Å². The standard InChI is InChI=1S/C13H16N6O3/c1-8(18-4-10(20)16-11(21)5-18)3-19-6-12(22)17-13-9(19)2-14-7-15-13/h2,7-8H,3-6H2,1H3,(H,16,20,21)(H,14,15,17,22)/t8-/m0/s1. The number of amides is 3. The molecular formula is C13H16N6O3. The van der Waals surface area contributed by atoms with Crippen LogP contribution in [0.2, 0.25) is 0 Å². The molecule has 0 bridgehead atoms. The summed E-state index contributed by atoms with van der Waals surface area (Å²) in [6.07, 6.45) is 3.02. The maximum atomic E-state index is 11.8. The third-order valence-corrected chi connectivity index (χ3v) is 3.71. The number of carbonyl (C=O) groups is 3. The molecule has 0 unspecified atom stereocenters. The van der Waals surface area contributed by atoms with Gasteiger partial charge in [-0.15, -0.1) is 0 Å². The van der Waals surface area contributed by atoms with Crippen molar-refractivity contribution in [2.75, 3.05) is 36.4 Å². The lowest BCUT2D eigenvalue weighted by Crippen LogP contribution is -2.56. The third kappa shape index (κ3) is 2.89. The molecule has 0 saturated carbocycles. The third-order valence-electron chi connectivity index (χ3n) is 3.71. The van der Waals surface area contributed by atoms with Gasteiger partial charge in [0, 0.05) is 12.6 Å². The first-order valence-electron chi connectivity index (χ1n) is 6.94. The number of hydrogen-bond acceptors (Lipinski definition) is 7. The first-order chi connectivity index (χ1) is 10.5. The van der Waals surface area contributed by atoms with Gasteiger partial charge in [0.1, 0.15) is 6.33 Å². The van der Waals surface area contributed by atoms with Crippen molar-refractivity contribution in [3.8, 4) is 0 Å². The van der Waals surface area contributed by atoms with E-state index in [0.717, 1.165) is 5.69 Å². The minimum absolute atomic E-state index is 0.0750. The van der Waals surface area contributed by atoms with Gasteiger partial charge in [0.05, 0.1) is 31.5 Å². The molecule has 2 N–H and O–H groups in total. The van der Waals surface area contributed by atoms with Crippen LogP contribution in [0.15, 0.2) is 12.5 Å². The van der Waals surface area contributed by atoms with Crippen LogP contribution in [0.3, 0.4) is 0 Å². The highest BCUT2D eigenvalue weighted by molar-refractivity contribution is 6.00. The summed E-state index contributed by atoms with van der Waals surface area (Å²) in [5.41, 5.74) is 0.738. The van der Waals surface area contributed by atoms with Crippen molar-refractivity contribution in [2.24, 2.45) is 0 Å². The van der Waals surface area contributed by atoms with E-state index in [1.54, 1.807) is 11.1 Å². The molecule has 1 fully saturated rings. The molecule has 2 aliphatic rings. The second-order valence-electron chi connectivity index (χ2n) is 5.41. The van der Waals surface area contributed by atoms with Gasteiger partial charge in [-0.05, 0) is 6.92 Å². The smallest absolute Gasteiger partial charge is 0.245 e. The van der Waals surface area contributed by atoms with Gasteiger partial charge in [-0.25, -0.2) is 9.97 Å². The van der Waals surface area contributed by atoms with Gasteiger partial charge >= 0.3 is 0 Å². The van der Waals surface area contributed by atoms with Crippen LogP contribution in [0.25, 0.3) is 0 Å². The molecule has 3 heterocycles. The quantitative estimate of drug-likeness (QED) is 0.660. The van der Waals surface area contributed by atoms with Crippen LogP contribution >= 0.6 is 0 Å². The maximum Gasteiger partial charge on any atom is 0.245 e. The molecule has 9 heteroatoms. The summed E-state index contributed by atoms with van der Waals surface area (Å²) in [5, 5.41) is 4.97. The molecule has 116 valence electrons. The SMILES string of the molecule is C[C@@H](CN1CC(=O)Nc2ncncc21)N1CC(=O)NC(=O)C1. The van der Waals surface area contributed by atoms with E-state index >= 15 is 0 Å². The van der Waals surface area contributed by atoms with E-state index in [9.17, 15) is 14.4 Å². The normalized spacial score (nSPS) is 20.2. The fourth-order valence-corrected chi connectivity index (χ4v) is 2.65. The Morgan fingerprint density at radius 2 is 1.82 bits per heavy atom. The van der Waals surface area contributed by atoms with Crippen LogP contribution in [-0.2, 0) is 14.4 Å². The highest BCUT2D eigenvalue weighted by Gasteiger charge is 2.30. The van der Waals surface area contributed by atoms with Crippen molar-refractivity contribution < 1.29 is 14.4 Å². The first-order valence-corrected chi connectivity index (χ1v) is 6.94. The number of aromatic nitrogens is 2. The van der Waals surface area contributed by atoms with Crippen molar-refractivity contribution in [2.45, 2.75) is 13.0 Å². The second-order valence-corrected chi connectivity index (χ2v) is 5.41. The van der Waals surface area contributed by atoms with Crippen LogP contribution in [0, 0.1) is 0 Å². The summed E-state index contributed by atoms with van der Waals surface area (Å²) in [4.78, 5) is 46.3. The molecule has 2 aliphatic heterocycles. The van der Waals surface area contributed by atoms with Crippen LogP contribution in [0.1, 0.15) is 6.92 Å². The van der Waals surface area contributed by atoms with Gasteiger partial charge in [0.15, 0.2) is 5.82 Å². The average Bonchev–Trinajstić information content (AvgIpc) is 2.46. The molecule has 1 aromatic rings. The number of piperazine rings is 1. The summed E-state index contributed by atoms with van der Waals surface area (Å²) in [6, 6.07) is -0.0750. The van der Waals surface area contributed by atoms with Crippen molar-refractivity contribution in [3.63, 3.8) is 0 Å². The molecule has 0 aliphatic carbocycles. The molecule has 22 heavy (non-hydrogen) atoms. The van der Waals surface area contributed by atoms with Crippen molar-refractivity contribution in [1.82, 2.24) is 20.2 Å². The molecule has 0 aromatic carbocycles. The molecule has 1 saturated heterocycles. The summed E-state index contributed by atoms with van der Waals surface area (Å²) in [5.74, 6) is -0.275. The van der Waals surface area contributed by atoms with Crippen LogP contribution < -0.4 is 15.5 Å². The number of nitrogens with zero attached hydrogens (tertiary/aromatic N) is 4. The fraction of sp³-hybridized carbons (Fsp3) is 0.462. The number of carbonyl (C=O) groups excluding carboxylic acids is 3. The van der Waals surface area contributed by atoms with Gasteiger partial charge in [0.25, 0.3) is 0 Å². The molecule has 3 amide bonds. The summed E-state index contributed by atoms with van der Waals surface area (Å²) < 4.78 is 0. The maximum absolute atomic E-state index is 11.8. The fourth-order valence-electron chi connectivity index (χ4n) is 2.65. The number of fused-ring (bicyclic) bond motifs is 1. The molecule has 9 nitrogen and oxygen atoms in total. The molecule has 1 atom stereocenters. The molecule has 0 radical (unpaired) electrons. The minimum atomic E-state index is -0.303. The molecule has 0 spiro atoms. The highest BCUT2D eigenvalue weighted by Crippen LogP contribution is 2.26. The number of nitrogens with one attached hydrogen (secondary N) is 2. The Kier molecular flexibility index (Phi) is 3.72. The van der Waals surface area contributed by atoms with Gasteiger partial charge in [-0.1, -0.05) is 0 Å². The predicted molar refractivity (Wildman–Crippen MR) is 77.1 cm³/mol. The zero-order valence-electron chi connectivity index (χ0n) is 12.1. The molecule has 1 aromatic heterocycles. The first kappa shape index (κ1) is 14.4. The number of anilines is 2. The van der Waals surface area contributed by atoms with E-state index < -0.39 is 0 Å². The average molecular weight is 304 g/mol. The van der Waals surface area contributed by atoms with Crippen molar-refractivity contribution in [3.05, 3.63) is 12.5 Å². The van der Waals surface area contributed by atoms with E-state index in [1.807, 2.05) is 11.8 Å². The Bertz CT molecular complexity index is 618. The minimum Gasteiger partial charge on any atom is -0.356 e. The van der Waals surface area contributed by atoms with Crippen molar-refractivity contribution >= 4 is 29.2 Å². The Morgan fingerprint density at radius 3 is 2.55 bits per heavy atom. The van der Waals surface area contributed by atoms with E-state index in [0.29, 0.717) is 12.4 Å². The lowest BCUT2D eigenvalue weighted by atomic mass is 10.2. The van der Waals surface area contributed by atoms with Crippen LogP contribution in [0.4, 0.5) is 11.5 Å². The monoisotopic (exact) mass is 304 g/mol. The molecule has 3 rings (SSSR count). The largest absolute Gasteiger partial charge is 0.356 e. The lowest BCUT2D eigenvalue weighted by Gasteiger charge is -2.36. The number of hydrogen-bond donors (Lipinski definition) is 2. The number of imide groups is 1. The Hall–Kier alpha value is -2.55. The summed E-state index contributed by atoms with van der Waals surface area (Å²) in [7, 11) is 0. The zero-order chi connectivity index (χ0) is 15.7. The van der Waals surface area contributed by atoms with Crippen molar-refractivity contribution in [1.29, 1.82) is 0 Å². The Balaban J connectivity index is 1.74. The topological polar surface area (TPSA) is 108 Å². The second kappa shape index (κ2) is 5.68. The predicted octanol–water partition coefficient (Wildman–Crippen LogP) is -1.42. The summed E-state index contributed by atoms with van der Waals surface area (Å²) in [6.45, 7) is 2.95. The molecular weight excluding hydrogens is 288 g/mol. The highest BCUT2D eigenvalue weighted by atomic mass is 16.2. The van der Waals surface area contributed by atoms with Gasteiger partial charge in [0.2, 0.25) is 17.7 Å². The van der Waals surface area contributed by atoms with E-state index in [2.05, 4.69) is 20.6 Å².